The summed E-state index contributed by atoms with van der Waals surface area (Å²) in [5, 5.41) is 7.48. The van der Waals surface area contributed by atoms with E-state index in [1.807, 2.05) is 67.6 Å². The van der Waals surface area contributed by atoms with Crippen LogP contribution < -0.4 is 15.7 Å². The first-order chi connectivity index (χ1) is 22.1. The van der Waals surface area contributed by atoms with Gasteiger partial charge in [-0.15, -0.1) is 11.8 Å². The zero-order valence-electron chi connectivity index (χ0n) is 26.0. The van der Waals surface area contributed by atoms with Crippen LogP contribution in [0.3, 0.4) is 0 Å². The fourth-order valence-corrected chi connectivity index (χ4v) is 6.39. The lowest BCUT2D eigenvalue weighted by molar-refractivity contribution is -0.125. The molecule has 4 rings (SSSR count). The Labute approximate surface area is 272 Å². The van der Waals surface area contributed by atoms with Crippen molar-refractivity contribution in [3.63, 3.8) is 0 Å². The first kappa shape index (κ1) is 34.9. The molecule has 13 heteroatoms. The largest absolute Gasteiger partial charge is 0.551 e. The number of amides is 1. The fourth-order valence-electron chi connectivity index (χ4n) is 4.26. The third-order valence-corrected chi connectivity index (χ3v) is 9.27. The molecule has 1 aliphatic rings. The normalized spacial score (nSPS) is 17.2. The number of carbonyl (C=O) groups is 1. The van der Waals surface area contributed by atoms with Crippen molar-refractivity contribution in [2.24, 2.45) is 10.1 Å². The van der Waals surface area contributed by atoms with Gasteiger partial charge < -0.3 is 14.5 Å². The Morgan fingerprint density at radius 3 is 2.35 bits per heavy atom. The number of rotatable bonds is 17. The van der Waals surface area contributed by atoms with Crippen molar-refractivity contribution >= 4 is 36.2 Å². The van der Waals surface area contributed by atoms with Crippen LogP contribution in [0, 0.1) is 0 Å². The Morgan fingerprint density at radius 1 is 1.13 bits per heavy atom. The van der Waals surface area contributed by atoms with Crippen molar-refractivity contribution in [3.8, 4) is 5.75 Å². The molecule has 2 aromatic carbocycles. The van der Waals surface area contributed by atoms with E-state index < -0.39 is 25.0 Å². The number of ether oxygens (including phenoxy) is 1. The van der Waals surface area contributed by atoms with Crippen molar-refractivity contribution in [3.05, 3.63) is 113 Å². The molecule has 1 N–H and O–H groups in total. The Kier molecular flexibility index (Phi) is 12.6. The van der Waals surface area contributed by atoms with Gasteiger partial charge in [-0.2, -0.15) is 0 Å². The van der Waals surface area contributed by atoms with Gasteiger partial charge in [0.2, 0.25) is 5.91 Å². The molecule has 2 atom stereocenters. The van der Waals surface area contributed by atoms with E-state index >= 15 is 0 Å². The van der Waals surface area contributed by atoms with E-state index in [-0.39, 0.29) is 31.5 Å². The summed E-state index contributed by atoms with van der Waals surface area (Å²) in [6.07, 6.45) is 2.81. The van der Waals surface area contributed by atoms with E-state index in [4.69, 9.17) is 22.8 Å². The van der Waals surface area contributed by atoms with Crippen molar-refractivity contribution in [1.29, 1.82) is 0 Å². The molecule has 244 valence electrons. The monoisotopic (exact) mass is 667 g/mol. The molecule has 11 nitrogen and oxygen atoms in total. The van der Waals surface area contributed by atoms with E-state index in [9.17, 15) is 14.2 Å². The summed E-state index contributed by atoms with van der Waals surface area (Å²) in [6, 6.07) is 20.7. The SMILES string of the molecule is C=CCOc1cc(C(CCC)NC(=O)C2(C)CSC(/C(C)=N/OP(=O)(OCc3ccccc3)OCc3ccccc3)=N2)oc(=O)c1. The standard InChI is InChI=1S/C33H38N3O8PS/c1-5-13-28(29-19-27(40-18-6-2)20-30(37)43-29)34-32(38)33(4)23-46-31(35-33)24(3)36-44-45(39,41-21-25-14-9-7-10-15-25)42-22-26-16-11-8-12-17-26/h6-12,14-17,19-20,28H,2,5,13,18,21-23H2,1,3-4H3,(H,34,38)/b36-24+. The van der Waals surface area contributed by atoms with E-state index in [1.54, 1.807) is 26.0 Å². The second kappa shape index (κ2) is 16.6. The molecule has 0 bridgehead atoms. The van der Waals surface area contributed by atoms with Crippen LogP contribution in [0.15, 0.2) is 105 Å². The predicted molar refractivity (Wildman–Crippen MR) is 179 cm³/mol. The molecule has 46 heavy (non-hydrogen) atoms. The number of nitrogens with zero attached hydrogens (tertiary/aromatic N) is 2. The summed E-state index contributed by atoms with van der Waals surface area (Å²) in [6.45, 7) is 9.11. The molecule has 3 aromatic rings. The average Bonchev–Trinajstić information content (AvgIpc) is 3.48. The molecule has 0 radical (unpaired) electrons. The highest BCUT2D eigenvalue weighted by Gasteiger charge is 2.40. The molecule has 2 unspecified atom stereocenters. The number of thioether (sulfide) groups is 1. The lowest BCUT2D eigenvalue weighted by atomic mass is 10.0. The van der Waals surface area contributed by atoms with Gasteiger partial charge >= 0.3 is 13.4 Å². The highest BCUT2D eigenvalue weighted by molar-refractivity contribution is 8.16. The smallest absolute Gasteiger partial charge is 0.489 e. The van der Waals surface area contributed by atoms with Gasteiger partial charge in [0.1, 0.15) is 34.4 Å². The minimum absolute atomic E-state index is 0.0161. The third-order valence-electron chi connectivity index (χ3n) is 6.74. The van der Waals surface area contributed by atoms with Crippen molar-refractivity contribution in [2.45, 2.75) is 58.4 Å². The maximum Gasteiger partial charge on any atom is 0.551 e. The summed E-state index contributed by atoms with van der Waals surface area (Å²) in [5.41, 5.74) is 0.127. The average molecular weight is 668 g/mol. The molecular formula is C33H38N3O8PS. The number of phosphoric ester groups is 1. The van der Waals surface area contributed by atoms with E-state index in [2.05, 4.69) is 22.0 Å². The van der Waals surface area contributed by atoms with Crippen molar-refractivity contribution in [2.75, 3.05) is 12.4 Å². The molecule has 1 aromatic heterocycles. The first-order valence-electron chi connectivity index (χ1n) is 14.8. The maximum absolute atomic E-state index is 13.6. The zero-order chi connectivity index (χ0) is 33.0. The summed E-state index contributed by atoms with van der Waals surface area (Å²) in [4.78, 5) is 30.4. The van der Waals surface area contributed by atoms with Crippen molar-refractivity contribution in [1.82, 2.24) is 5.32 Å². The fraction of sp³-hybridized carbons (Fsp3) is 0.333. The molecule has 0 fully saturated rings. The number of aliphatic imine (C=N–C) groups is 1. The van der Waals surface area contributed by atoms with E-state index in [0.29, 0.717) is 35.1 Å². The lowest BCUT2D eigenvalue weighted by Crippen LogP contribution is -2.45. The van der Waals surface area contributed by atoms with Crippen molar-refractivity contribution < 1.29 is 32.2 Å². The van der Waals surface area contributed by atoms with Crippen LogP contribution in [0.4, 0.5) is 0 Å². The third kappa shape index (κ3) is 10.0. The summed E-state index contributed by atoms with van der Waals surface area (Å²) in [7, 11) is -4.15. The highest BCUT2D eigenvalue weighted by atomic mass is 32.2. The Hall–Kier alpha value is -3.96. The number of oxime groups is 1. The molecule has 1 aliphatic heterocycles. The van der Waals surface area contributed by atoms with Gasteiger partial charge in [0.15, 0.2) is 0 Å². The highest BCUT2D eigenvalue weighted by Crippen LogP contribution is 2.51. The number of nitrogens with one attached hydrogen (secondary N) is 1. The Morgan fingerprint density at radius 2 is 1.76 bits per heavy atom. The summed E-state index contributed by atoms with van der Waals surface area (Å²) in [5.74, 6) is 0.575. The number of carbonyl (C=O) groups excluding carboxylic acids is 1. The maximum atomic E-state index is 13.6. The first-order valence-corrected chi connectivity index (χ1v) is 17.2. The Balaban J connectivity index is 1.47. The second-order valence-corrected chi connectivity index (χ2v) is 13.2. The number of hydrogen-bond acceptors (Lipinski definition) is 11. The van der Waals surface area contributed by atoms with Gasteiger partial charge in [0.05, 0.1) is 25.3 Å². The molecule has 0 saturated heterocycles. The van der Waals surface area contributed by atoms with Crippen LogP contribution in [0.25, 0.3) is 0 Å². The molecule has 0 saturated carbocycles. The van der Waals surface area contributed by atoms with Crippen LogP contribution in [-0.4, -0.2) is 34.6 Å². The van der Waals surface area contributed by atoms with E-state index in [0.717, 1.165) is 11.1 Å². The molecular weight excluding hydrogens is 629 g/mol. The van der Waals surface area contributed by atoms with Crippen LogP contribution in [0.2, 0.25) is 0 Å². The van der Waals surface area contributed by atoms with Gasteiger partial charge in [0, 0.05) is 11.8 Å². The lowest BCUT2D eigenvalue weighted by Gasteiger charge is -2.24. The number of benzene rings is 2. The van der Waals surface area contributed by atoms with Gasteiger partial charge in [-0.05, 0) is 31.4 Å². The molecule has 2 heterocycles. The van der Waals surface area contributed by atoms with Crippen LogP contribution in [-0.2, 0) is 36.2 Å². The summed E-state index contributed by atoms with van der Waals surface area (Å²) < 4.78 is 41.2. The van der Waals surface area contributed by atoms with Crippen LogP contribution in [0.5, 0.6) is 5.75 Å². The molecule has 0 spiro atoms. The van der Waals surface area contributed by atoms with E-state index in [1.165, 1.54) is 17.8 Å². The zero-order valence-corrected chi connectivity index (χ0v) is 27.8. The summed E-state index contributed by atoms with van der Waals surface area (Å²) >= 11 is 1.31. The number of hydrogen-bond donors (Lipinski definition) is 1. The van der Waals surface area contributed by atoms with Gasteiger partial charge in [-0.1, -0.05) is 91.8 Å². The predicted octanol–water partition coefficient (Wildman–Crippen LogP) is 7.00. The van der Waals surface area contributed by atoms with Gasteiger partial charge in [-0.25, -0.2) is 9.36 Å². The quantitative estimate of drug-likeness (QED) is 0.0698. The number of phosphoric acid groups is 1. The van der Waals surface area contributed by atoms with Gasteiger partial charge in [0.25, 0.3) is 0 Å². The van der Waals surface area contributed by atoms with Gasteiger partial charge in [-0.3, -0.25) is 23.5 Å². The second-order valence-electron chi connectivity index (χ2n) is 10.6. The topological polar surface area (TPSA) is 138 Å². The van der Waals surface area contributed by atoms with Crippen LogP contribution in [0.1, 0.15) is 56.5 Å². The van der Waals surface area contributed by atoms with Crippen LogP contribution >= 0.6 is 19.6 Å². The molecule has 0 aliphatic carbocycles. The molecule has 1 amide bonds. The minimum Gasteiger partial charge on any atom is -0.489 e. The minimum atomic E-state index is -4.15. The Bertz CT molecular complexity index is 1600.